The van der Waals surface area contributed by atoms with Crippen LogP contribution in [0.2, 0.25) is 0 Å². The Hall–Kier alpha value is -2.50. The van der Waals surface area contributed by atoms with E-state index in [1.807, 2.05) is 0 Å². The van der Waals surface area contributed by atoms with Crippen molar-refractivity contribution in [1.82, 2.24) is 0 Å². The molecule has 1 aliphatic rings. The zero-order chi connectivity index (χ0) is 22.4. The van der Waals surface area contributed by atoms with Crippen molar-refractivity contribution >= 4 is 5.97 Å². The highest BCUT2D eigenvalue weighted by Crippen LogP contribution is 2.37. The van der Waals surface area contributed by atoms with Crippen molar-refractivity contribution in [3.8, 4) is 16.9 Å². The molecule has 0 atom stereocenters. The first-order chi connectivity index (χ1) is 14.9. The van der Waals surface area contributed by atoms with Gasteiger partial charge in [-0.3, -0.25) is 0 Å². The third kappa shape index (κ3) is 5.60. The molecule has 3 rings (SSSR count). The second-order valence-corrected chi connectivity index (χ2v) is 7.99. The van der Waals surface area contributed by atoms with Crippen molar-refractivity contribution in [3.63, 3.8) is 0 Å². The lowest BCUT2D eigenvalue weighted by Crippen LogP contribution is -2.24. The third-order valence-electron chi connectivity index (χ3n) is 5.86. The molecule has 0 heterocycles. The van der Waals surface area contributed by atoms with Gasteiger partial charge in [0, 0.05) is 0 Å². The summed E-state index contributed by atoms with van der Waals surface area (Å²) in [5, 5.41) is 0. The van der Waals surface area contributed by atoms with Crippen LogP contribution in [-0.4, -0.2) is 18.7 Å². The van der Waals surface area contributed by atoms with Gasteiger partial charge in [0.15, 0.2) is 11.6 Å². The monoisotopic (exact) mass is 434 g/mol. The lowest BCUT2D eigenvalue weighted by molar-refractivity contribution is 0.0161. The predicted octanol–water partition coefficient (Wildman–Crippen LogP) is 7.34. The molecule has 2 aromatic carbocycles. The van der Waals surface area contributed by atoms with E-state index >= 15 is 0 Å². The zero-order valence-electron chi connectivity index (χ0n) is 18.0. The Balaban J connectivity index is 1.72. The average Bonchev–Trinajstić information content (AvgIpc) is 2.76. The normalized spacial score (nSPS) is 18.8. The molecule has 0 aliphatic heterocycles. The topological polar surface area (TPSA) is 35.5 Å². The number of hydrogen-bond acceptors (Lipinski definition) is 3. The van der Waals surface area contributed by atoms with E-state index < -0.39 is 23.8 Å². The van der Waals surface area contributed by atoms with E-state index in [0.29, 0.717) is 11.1 Å². The number of carbonyl (C=O) groups is 1. The summed E-state index contributed by atoms with van der Waals surface area (Å²) in [6.07, 6.45) is 3.21. The predicted molar refractivity (Wildman–Crippen MR) is 114 cm³/mol. The fourth-order valence-electron chi connectivity index (χ4n) is 4.26. The minimum absolute atomic E-state index is 0.0742. The van der Waals surface area contributed by atoms with Crippen LogP contribution in [0.1, 0.15) is 74.7 Å². The van der Waals surface area contributed by atoms with E-state index in [1.54, 1.807) is 6.92 Å². The summed E-state index contributed by atoms with van der Waals surface area (Å²) < 4.78 is 52.4. The Morgan fingerprint density at radius 3 is 2.29 bits per heavy atom. The second-order valence-electron chi connectivity index (χ2n) is 7.99. The fraction of sp³-hybridized carbons (Fsp3) is 0.480. The van der Waals surface area contributed by atoms with Gasteiger partial charge in [0.1, 0.15) is 6.10 Å². The highest BCUT2D eigenvalue weighted by atomic mass is 19.3. The Morgan fingerprint density at radius 1 is 1.03 bits per heavy atom. The summed E-state index contributed by atoms with van der Waals surface area (Å²) in [5.74, 6) is -0.956. The molecule has 1 aliphatic carbocycles. The SMILES string of the molecule is CCCC1CCC(OC(=O)c2ccc(-c3ccc(OCC)c(F)c3C(F)F)cc2)CC1. The van der Waals surface area contributed by atoms with Gasteiger partial charge >= 0.3 is 5.97 Å². The van der Waals surface area contributed by atoms with Crippen LogP contribution in [0.15, 0.2) is 36.4 Å². The first kappa shape index (κ1) is 23.2. The minimum Gasteiger partial charge on any atom is -0.491 e. The summed E-state index contributed by atoms with van der Waals surface area (Å²) in [5.41, 5.74) is 0.119. The molecular weight excluding hydrogens is 405 g/mol. The van der Waals surface area contributed by atoms with E-state index in [2.05, 4.69) is 6.92 Å². The van der Waals surface area contributed by atoms with Gasteiger partial charge in [-0.05, 0) is 73.9 Å². The zero-order valence-corrected chi connectivity index (χ0v) is 18.0. The second kappa shape index (κ2) is 10.7. The van der Waals surface area contributed by atoms with Gasteiger partial charge in [0.25, 0.3) is 6.43 Å². The Labute approximate surface area is 181 Å². The molecule has 1 saturated carbocycles. The first-order valence-corrected chi connectivity index (χ1v) is 11.0. The van der Waals surface area contributed by atoms with E-state index in [0.717, 1.165) is 31.6 Å². The molecule has 1 fully saturated rings. The van der Waals surface area contributed by atoms with Gasteiger partial charge in [-0.2, -0.15) is 0 Å². The lowest BCUT2D eigenvalue weighted by atomic mass is 9.85. The maximum atomic E-state index is 14.5. The molecule has 31 heavy (non-hydrogen) atoms. The first-order valence-electron chi connectivity index (χ1n) is 11.0. The summed E-state index contributed by atoms with van der Waals surface area (Å²) in [6.45, 7) is 4.02. The summed E-state index contributed by atoms with van der Waals surface area (Å²) in [7, 11) is 0. The number of rotatable bonds is 8. The van der Waals surface area contributed by atoms with E-state index in [9.17, 15) is 18.0 Å². The number of esters is 1. The van der Waals surface area contributed by atoms with Gasteiger partial charge < -0.3 is 9.47 Å². The highest BCUT2D eigenvalue weighted by Gasteiger charge is 2.25. The molecule has 0 N–H and O–H groups in total. The van der Waals surface area contributed by atoms with Crippen LogP contribution in [-0.2, 0) is 4.74 Å². The number of carbonyl (C=O) groups excluding carboxylic acids is 1. The van der Waals surface area contributed by atoms with Crippen molar-refractivity contribution in [3.05, 3.63) is 53.3 Å². The Kier molecular flexibility index (Phi) is 7.99. The molecule has 0 radical (unpaired) electrons. The molecule has 2 aromatic rings. The highest BCUT2D eigenvalue weighted by molar-refractivity contribution is 5.90. The van der Waals surface area contributed by atoms with Gasteiger partial charge in [0.05, 0.1) is 17.7 Å². The third-order valence-corrected chi connectivity index (χ3v) is 5.86. The van der Waals surface area contributed by atoms with Crippen LogP contribution in [0, 0.1) is 11.7 Å². The fourth-order valence-corrected chi connectivity index (χ4v) is 4.26. The van der Waals surface area contributed by atoms with Crippen molar-refractivity contribution in [1.29, 1.82) is 0 Å². The molecular formula is C25H29F3O3. The summed E-state index contributed by atoms with van der Waals surface area (Å²) >= 11 is 0. The maximum Gasteiger partial charge on any atom is 0.338 e. The maximum absolute atomic E-state index is 14.5. The summed E-state index contributed by atoms with van der Waals surface area (Å²) in [4.78, 5) is 12.5. The van der Waals surface area contributed by atoms with E-state index in [-0.39, 0.29) is 24.0 Å². The van der Waals surface area contributed by atoms with Gasteiger partial charge in [0.2, 0.25) is 0 Å². The number of hydrogen-bond donors (Lipinski definition) is 0. The number of ether oxygens (including phenoxy) is 2. The van der Waals surface area contributed by atoms with Crippen LogP contribution in [0.5, 0.6) is 5.75 Å². The molecule has 3 nitrogen and oxygen atoms in total. The molecule has 168 valence electrons. The Bertz CT molecular complexity index is 872. The van der Waals surface area contributed by atoms with Crippen molar-refractivity contribution in [2.45, 2.75) is 64.9 Å². The van der Waals surface area contributed by atoms with Crippen molar-refractivity contribution in [2.24, 2.45) is 5.92 Å². The molecule has 0 spiro atoms. The van der Waals surface area contributed by atoms with Crippen LogP contribution in [0.25, 0.3) is 11.1 Å². The largest absolute Gasteiger partial charge is 0.491 e. The van der Waals surface area contributed by atoms with E-state index in [4.69, 9.17) is 9.47 Å². The van der Waals surface area contributed by atoms with Crippen molar-refractivity contribution < 1.29 is 27.4 Å². The van der Waals surface area contributed by atoms with Crippen molar-refractivity contribution in [2.75, 3.05) is 6.61 Å². The number of halogens is 3. The van der Waals surface area contributed by atoms with Gasteiger partial charge in [-0.15, -0.1) is 0 Å². The molecule has 0 aromatic heterocycles. The summed E-state index contributed by atoms with van der Waals surface area (Å²) in [6, 6.07) is 8.90. The number of benzene rings is 2. The standard InChI is InChI=1S/C25H29F3O3/c1-3-5-16-6-12-19(13-7-16)31-25(29)18-10-8-17(9-11-18)20-14-15-21(30-4-2)23(26)22(20)24(27)28/h8-11,14-16,19,24H,3-7,12-13H2,1-2H3. The van der Waals surface area contributed by atoms with Crippen LogP contribution >= 0.6 is 0 Å². The number of alkyl halides is 2. The average molecular weight is 434 g/mol. The minimum atomic E-state index is -3.00. The Morgan fingerprint density at radius 2 is 1.71 bits per heavy atom. The molecule has 0 saturated heterocycles. The smallest absolute Gasteiger partial charge is 0.338 e. The van der Waals surface area contributed by atoms with Gasteiger partial charge in [-0.25, -0.2) is 18.0 Å². The molecule has 0 bridgehead atoms. The van der Waals surface area contributed by atoms with E-state index in [1.165, 1.54) is 49.2 Å². The van der Waals surface area contributed by atoms with Gasteiger partial charge in [-0.1, -0.05) is 31.9 Å². The van der Waals surface area contributed by atoms with Crippen LogP contribution < -0.4 is 4.74 Å². The van der Waals surface area contributed by atoms with Crippen LogP contribution in [0.4, 0.5) is 13.2 Å². The quantitative estimate of drug-likeness (QED) is 0.408. The lowest BCUT2D eigenvalue weighted by Gasteiger charge is -2.28. The molecule has 0 unspecified atom stereocenters. The molecule has 0 amide bonds. The van der Waals surface area contributed by atoms with Crippen LogP contribution in [0.3, 0.4) is 0 Å². The molecule has 6 heteroatoms.